The van der Waals surface area contributed by atoms with Crippen LogP contribution < -0.4 is 10.3 Å². The molecule has 0 aliphatic heterocycles. The molecule has 2 rings (SSSR count). The van der Waals surface area contributed by atoms with Crippen LogP contribution in [0.5, 0.6) is 0 Å². The largest absolute Gasteiger partial charge is 0.325 e. The quantitative estimate of drug-likeness (QED) is 0.841. The average Bonchev–Trinajstić information content (AvgIpc) is 2.42. The lowest BCUT2D eigenvalue weighted by atomic mass is 10.1. The lowest BCUT2D eigenvalue weighted by Gasteiger charge is -1.99. The minimum atomic E-state index is -0.455. The van der Waals surface area contributed by atoms with Crippen molar-refractivity contribution < 1.29 is 13.3 Å². The maximum absolute atomic E-state index is 13.5. The Morgan fingerprint density at radius 1 is 1.11 bits per heavy atom. The third-order valence-corrected chi connectivity index (χ3v) is 2.74. The first-order chi connectivity index (χ1) is 9.20. The standard InChI is InChI=1S/C15H15F2N2/c16-13-5-7-15(17)12(11-13)4-6-14-3-1-2-9-19(14)10-8-18/h1-7,9,11H,8,10,18H2/q+1/b6-4+. The lowest BCUT2D eigenvalue weighted by molar-refractivity contribution is -0.696. The molecule has 19 heavy (non-hydrogen) atoms. The van der Waals surface area contributed by atoms with Gasteiger partial charge in [0.2, 0.25) is 5.69 Å². The molecule has 1 aromatic carbocycles. The topological polar surface area (TPSA) is 29.9 Å². The van der Waals surface area contributed by atoms with Crippen LogP contribution in [0.4, 0.5) is 8.78 Å². The summed E-state index contributed by atoms with van der Waals surface area (Å²) < 4.78 is 28.5. The maximum atomic E-state index is 13.5. The van der Waals surface area contributed by atoms with E-state index in [4.69, 9.17) is 5.73 Å². The summed E-state index contributed by atoms with van der Waals surface area (Å²) in [6.45, 7) is 1.19. The monoisotopic (exact) mass is 261 g/mol. The van der Waals surface area contributed by atoms with Gasteiger partial charge in [0.15, 0.2) is 12.7 Å². The van der Waals surface area contributed by atoms with Crippen molar-refractivity contribution in [3.8, 4) is 0 Å². The fourth-order valence-corrected chi connectivity index (χ4v) is 1.80. The van der Waals surface area contributed by atoms with Gasteiger partial charge in [0.1, 0.15) is 11.6 Å². The first-order valence-electron chi connectivity index (χ1n) is 6.02. The Kier molecular flexibility index (Phi) is 4.36. The van der Waals surface area contributed by atoms with Gasteiger partial charge in [-0.25, -0.2) is 8.78 Å². The van der Waals surface area contributed by atoms with E-state index in [1.165, 1.54) is 6.07 Å². The van der Waals surface area contributed by atoms with Crippen LogP contribution in [0.25, 0.3) is 12.2 Å². The first kappa shape index (κ1) is 13.4. The predicted octanol–water partition coefficient (Wildman–Crippen LogP) is 2.38. The minimum Gasteiger partial charge on any atom is -0.325 e. The number of hydrogen-bond acceptors (Lipinski definition) is 1. The maximum Gasteiger partial charge on any atom is 0.205 e. The Bertz CT molecular complexity index is 594. The van der Waals surface area contributed by atoms with Crippen LogP contribution in [0.3, 0.4) is 0 Å². The smallest absolute Gasteiger partial charge is 0.205 e. The Balaban J connectivity index is 2.29. The Morgan fingerprint density at radius 3 is 2.74 bits per heavy atom. The molecule has 0 spiro atoms. The van der Waals surface area contributed by atoms with Gasteiger partial charge in [-0.3, -0.25) is 0 Å². The molecular weight excluding hydrogens is 246 g/mol. The fraction of sp³-hybridized carbons (Fsp3) is 0.133. The number of hydrogen-bond donors (Lipinski definition) is 1. The van der Waals surface area contributed by atoms with Crippen molar-refractivity contribution in [3.63, 3.8) is 0 Å². The zero-order valence-electron chi connectivity index (χ0n) is 10.4. The first-order valence-corrected chi connectivity index (χ1v) is 6.02. The van der Waals surface area contributed by atoms with Crippen LogP contribution in [0.1, 0.15) is 11.3 Å². The molecule has 1 aromatic heterocycles. The van der Waals surface area contributed by atoms with Gasteiger partial charge in [-0.1, -0.05) is 0 Å². The number of pyridine rings is 1. The molecule has 0 bridgehead atoms. The van der Waals surface area contributed by atoms with Crippen molar-refractivity contribution in [1.82, 2.24) is 0 Å². The summed E-state index contributed by atoms with van der Waals surface area (Å²) in [5.74, 6) is -0.900. The Morgan fingerprint density at radius 2 is 1.95 bits per heavy atom. The van der Waals surface area contributed by atoms with Gasteiger partial charge in [0, 0.05) is 23.8 Å². The van der Waals surface area contributed by atoms with Crippen LogP contribution in [0.2, 0.25) is 0 Å². The van der Waals surface area contributed by atoms with Gasteiger partial charge in [0.25, 0.3) is 0 Å². The molecule has 0 amide bonds. The molecule has 2 N–H and O–H groups in total. The number of benzene rings is 1. The summed E-state index contributed by atoms with van der Waals surface area (Å²) in [7, 11) is 0. The highest BCUT2D eigenvalue weighted by Crippen LogP contribution is 2.12. The molecule has 0 atom stereocenters. The van der Waals surface area contributed by atoms with Crippen molar-refractivity contribution in [3.05, 3.63) is 65.5 Å². The number of aromatic nitrogens is 1. The van der Waals surface area contributed by atoms with E-state index in [1.54, 1.807) is 12.2 Å². The van der Waals surface area contributed by atoms with Crippen LogP contribution in [-0.2, 0) is 6.54 Å². The van der Waals surface area contributed by atoms with E-state index < -0.39 is 11.6 Å². The van der Waals surface area contributed by atoms with E-state index in [9.17, 15) is 8.78 Å². The number of nitrogens with zero attached hydrogens (tertiary/aromatic N) is 1. The zero-order valence-corrected chi connectivity index (χ0v) is 10.4. The summed E-state index contributed by atoms with van der Waals surface area (Å²) in [5, 5.41) is 0. The lowest BCUT2D eigenvalue weighted by Crippen LogP contribution is -2.39. The van der Waals surface area contributed by atoms with Gasteiger partial charge in [-0.15, -0.1) is 0 Å². The second-order valence-corrected chi connectivity index (χ2v) is 4.11. The van der Waals surface area contributed by atoms with Crippen LogP contribution in [0, 0.1) is 11.6 Å². The molecule has 0 radical (unpaired) electrons. The van der Waals surface area contributed by atoms with E-state index in [2.05, 4.69) is 0 Å². The molecule has 0 saturated heterocycles. The third-order valence-electron chi connectivity index (χ3n) is 2.74. The van der Waals surface area contributed by atoms with Crippen molar-refractivity contribution in [2.75, 3.05) is 6.54 Å². The molecule has 0 aliphatic carbocycles. The summed E-state index contributed by atoms with van der Waals surface area (Å²) in [6.07, 6.45) is 5.20. The Hall–Kier alpha value is -2.07. The van der Waals surface area contributed by atoms with Crippen molar-refractivity contribution >= 4 is 12.2 Å². The van der Waals surface area contributed by atoms with Crippen molar-refractivity contribution in [2.45, 2.75) is 6.54 Å². The third kappa shape index (κ3) is 3.45. The highest BCUT2D eigenvalue weighted by atomic mass is 19.1. The molecular formula is C15H15F2N2+. The molecule has 2 aromatic rings. The second kappa shape index (κ2) is 6.20. The molecule has 0 fully saturated rings. The summed E-state index contributed by atoms with van der Waals surface area (Å²) in [5.41, 5.74) is 6.64. The van der Waals surface area contributed by atoms with E-state index >= 15 is 0 Å². The molecule has 98 valence electrons. The molecule has 0 unspecified atom stereocenters. The van der Waals surface area contributed by atoms with E-state index in [1.807, 2.05) is 29.0 Å². The highest BCUT2D eigenvalue weighted by molar-refractivity contribution is 5.67. The number of rotatable bonds is 4. The summed E-state index contributed by atoms with van der Waals surface area (Å²) >= 11 is 0. The van der Waals surface area contributed by atoms with Gasteiger partial charge < -0.3 is 5.73 Å². The Labute approximate surface area is 110 Å². The van der Waals surface area contributed by atoms with Gasteiger partial charge in [0.05, 0.1) is 6.54 Å². The molecule has 1 heterocycles. The minimum absolute atomic E-state index is 0.225. The van der Waals surface area contributed by atoms with E-state index in [-0.39, 0.29) is 5.56 Å². The van der Waals surface area contributed by atoms with Crippen LogP contribution in [0.15, 0.2) is 42.6 Å². The number of halogens is 2. The van der Waals surface area contributed by atoms with E-state index in [0.29, 0.717) is 13.1 Å². The van der Waals surface area contributed by atoms with Crippen LogP contribution in [-0.4, -0.2) is 6.54 Å². The molecule has 2 nitrogen and oxygen atoms in total. The van der Waals surface area contributed by atoms with Gasteiger partial charge in [-0.05, 0) is 30.3 Å². The molecule has 4 heteroatoms. The van der Waals surface area contributed by atoms with Gasteiger partial charge >= 0.3 is 0 Å². The molecule has 0 aliphatic rings. The normalized spacial score (nSPS) is 11.1. The highest BCUT2D eigenvalue weighted by Gasteiger charge is 2.05. The SMILES string of the molecule is NCC[n+]1ccccc1/C=C/c1cc(F)ccc1F. The van der Waals surface area contributed by atoms with E-state index in [0.717, 1.165) is 17.8 Å². The summed E-state index contributed by atoms with van der Waals surface area (Å²) in [6, 6.07) is 9.06. The fourth-order valence-electron chi connectivity index (χ4n) is 1.80. The van der Waals surface area contributed by atoms with Crippen molar-refractivity contribution in [1.29, 1.82) is 0 Å². The number of nitrogens with two attached hydrogens (primary N) is 1. The van der Waals surface area contributed by atoms with Gasteiger partial charge in [-0.2, -0.15) is 4.57 Å². The predicted molar refractivity (Wildman–Crippen MR) is 71.0 cm³/mol. The zero-order chi connectivity index (χ0) is 13.7. The van der Waals surface area contributed by atoms with Crippen molar-refractivity contribution in [2.24, 2.45) is 5.73 Å². The second-order valence-electron chi connectivity index (χ2n) is 4.11. The van der Waals surface area contributed by atoms with Crippen LogP contribution >= 0.6 is 0 Å². The summed E-state index contributed by atoms with van der Waals surface area (Å²) in [4.78, 5) is 0. The molecule has 0 saturated carbocycles. The average molecular weight is 261 g/mol.